The maximum absolute atomic E-state index is 5.44. The topological polar surface area (TPSA) is 51.6 Å². The van der Waals surface area contributed by atoms with Gasteiger partial charge in [-0.1, -0.05) is 182 Å². The van der Waals surface area contributed by atoms with Gasteiger partial charge in [0.15, 0.2) is 17.5 Å². The lowest BCUT2D eigenvalue weighted by Crippen LogP contribution is -2.00. The van der Waals surface area contributed by atoms with E-state index >= 15 is 0 Å². The van der Waals surface area contributed by atoms with Gasteiger partial charge in [0.2, 0.25) is 0 Å². The van der Waals surface area contributed by atoms with Crippen LogP contribution in [0, 0.1) is 0 Å². The molecule has 2 heterocycles. The molecule has 0 aliphatic heterocycles. The zero-order chi connectivity index (χ0) is 38.4. The van der Waals surface area contributed by atoms with E-state index in [1.54, 1.807) is 0 Å². The summed E-state index contributed by atoms with van der Waals surface area (Å²) in [6, 6.07) is 72.4. The van der Waals surface area contributed by atoms with Gasteiger partial charge in [-0.3, -0.25) is 0 Å². The molecule has 11 aromatic rings. The molecule has 2 aromatic heterocycles. The second kappa shape index (κ2) is 14.0. The molecule has 0 aliphatic rings. The monoisotopic (exact) mass is 738 g/mol. The van der Waals surface area contributed by atoms with Crippen LogP contribution in [-0.2, 0) is 0 Å². The zero-order valence-electron chi connectivity index (χ0n) is 31.4. The molecule has 9 aromatic carbocycles. The number of pyridine rings is 1. The number of nitrogens with zero attached hydrogens (tertiary/aromatic N) is 4. The molecule has 4 nitrogen and oxygen atoms in total. The molecule has 0 saturated carbocycles. The van der Waals surface area contributed by atoms with E-state index in [9.17, 15) is 0 Å². The van der Waals surface area contributed by atoms with Crippen molar-refractivity contribution in [3.05, 3.63) is 206 Å². The first-order chi connectivity index (χ1) is 28.7. The van der Waals surface area contributed by atoms with Crippen LogP contribution >= 0.6 is 0 Å². The molecule has 0 bridgehead atoms. The molecule has 0 aliphatic carbocycles. The third-order valence-electron chi connectivity index (χ3n) is 11.1. The Morgan fingerprint density at radius 2 is 0.707 bits per heavy atom. The van der Waals surface area contributed by atoms with Crippen molar-refractivity contribution in [1.29, 1.82) is 0 Å². The van der Waals surface area contributed by atoms with Crippen molar-refractivity contribution in [2.45, 2.75) is 0 Å². The van der Waals surface area contributed by atoms with Gasteiger partial charge < -0.3 is 0 Å². The summed E-state index contributed by atoms with van der Waals surface area (Å²) in [5.74, 6) is 1.89. The average molecular weight is 739 g/mol. The summed E-state index contributed by atoms with van der Waals surface area (Å²) in [7, 11) is 0. The lowest BCUT2D eigenvalue weighted by Gasteiger charge is -2.17. The highest BCUT2D eigenvalue weighted by Gasteiger charge is 2.18. The Balaban J connectivity index is 1.09. The quantitative estimate of drug-likeness (QED) is 0.159. The van der Waals surface area contributed by atoms with E-state index in [0.717, 1.165) is 77.3 Å². The Bertz CT molecular complexity index is 3220. The summed E-state index contributed by atoms with van der Waals surface area (Å²) >= 11 is 0. The van der Waals surface area contributed by atoms with Crippen molar-refractivity contribution in [3.8, 4) is 67.7 Å². The fourth-order valence-electron chi connectivity index (χ4n) is 8.13. The highest BCUT2D eigenvalue weighted by Crippen LogP contribution is 2.41. The van der Waals surface area contributed by atoms with Crippen molar-refractivity contribution < 1.29 is 0 Å². The molecule has 0 radical (unpaired) electrons. The summed E-state index contributed by atoms with van der Waals surface area (Å²) in [5, 5.41) is 8.11. The molecular weight excluding hydrogens is 705 g/mol. The zero-order valence-corrected chi connectivity index (χ0v) is 31.4. The van der Waals surface area contributed by atoms with E-state index in [4.69, 9.17) is 19.9 Å². The predicted octanol–water partition coefficient (Wildman–Crippen LogP) is 13.9. The predicted molar refractivity (Wildman–Crippen MR) is 240 cm³/mol. The SMILES string of the molecule is c1ccc(-c2cc(-c3ccccc3)c3c(n2)c(-c2ccc(-c4nc(-c5ccc6ccccc6c5)nc(-c5ccc6ccccc6c5)n4)cc2)cc2ccccc23)cc1. The first-order valence-corrected chi connectivity index (χ1v) is 19.5. The second-order valence-corrected chi connectivity index (χ2v) is 14.7. The van der Waals surface area contributed by atoms with Crippen molar-refractivity contribution in [1.82, 2.24) is 19.9 Å². The summed E-state index contributed by atoms with van der Waals surface area (Å²) in [5.41, 5.74) is 10.2. The first-order valence-electron chi connectivity index (χ1n) is 19.5. The van der Waals surface area contributed by atoms with Crippen LogP contribution in [0.1, 0.15) is 0 Å². The molecule has 0 amide bonds. The number of fused-ring (bicyclic) bond motifs is 5. The number of hydrogen-bond donors (Lipinski definition) is 0. The van der Waals surface area contributed by atoms with E-state index in [2.05, 4.69) is 200 Å². The summed E-state index contributed by atoms with van der Waals surface area (Å²) in [4.78, 5) is 20.8. The van der Waals surface area contributed by atoms with Crippen LogP contribution in [0.3, 0.4) is 0 Å². The van der Waals surface area contributed by atoms with E-state index in [-0.39, 0.29) is 0 Å². The van der Waals surface area contributed by atoms with E-state index in [0.29, 0.717) is 17.5 Å². The minimum absolute atomic E-state index is 0.618. The van der Waals surface area contributed by atoms with Crippen molar-refractivity contribution >= 4 is 43.2 Å². The summed E-state index contributed by atoms with van der Waals surface area (Å²) in [6.45, 7) is 0. The number of rotatable bonds is 6. The van der Waals surface area contributed by atoms with Crippen LogP contribution in [0.2, 0.25) is 0 Å². The molecule has 0 N–H and O–H groups in total. The molecule has 11 rings (SSSR count). The molecule has 0 atom stereocenters. The lowest BCUT2D eigenvalue weighted by molar-refractivity contribution is 1.08. The summed E-state index contributed by atoms with van der Waals surface area (Å²) < 4.78 is 0. The van der Waals surface area contributed by atoms with Gasteiger partial charge in [-0.05, 0) is 73.3 Å². The molecule has 0 spiro atoms. The standard InChI is InChI=1S/C54H34N4/c1-3-15-37(16-4-1)47-34-49(39-17-5-2-6-18-39)55-51-48(33-43-21-11-12-22-46(43)50(47)51)38-25-27-40(28-26-38)52-56-53(44-29-23-35-13-7-9-19-41(35)31-44)58-54(57-52)45-30-24-36-14-8-10-20-42(36)32-45/h1-34H. The smallest absolute Gasteiger partial charge is 0.164 e. The number of hydrogen-bond acceptors (Lipinski definition) is 4. The van der Waals surface area contributed by atoms with Gasteiger partial charge in [-0.15, -0.1) is 0 Å². The molecule has 270 valence electrons. The minimum atomic E-state index is 0.618. The average Bonchev–Trinajstić information content (AvgIpc) is 3.31. The number of aromatic nitrogens is 4. The molecule has 4 heteroatoms. The normalized spacial score (nSPS) is 11.4. The van der Waals surface area contributed by atoms with Crippen LogP contribution in [0.4, 0.5) is 0 Å². The van der Waals surface area contributed by atoms with Gasteiger partial charge >= 0.3 is 0 Å². The van der Waals surface area contributed by atoms with E-state index < -0.39 is 0 Å². The largest absolute Gasteiger partial charge is 0.247 e. The van der Waals surface area contributed by atoms with Crippen LogP contribution < -0.4 is 0 Å². The van der Waals surface area contributed by atoms with Gasteiger partial charge in [-0.25, -0.2) is 19.9 Å². The van der Waals surface area contributed by atoms with Crippen LogP contribution in [0.15, 0.2) is 206 Å². The van der Waals surface area contributed by atoms with Gasteiger partial charge in [0.05, 0.1) is 11.2 Å². The van der Waals surface area contributed by atoms with Crippen LogP contribution in [0.25, 0.3) is 111 Å². The fourth-order valence-corrected chi connectivity index (χ4v) is 8.13. The Hall–Kier alpha value is -7.82. The Labute approximate surface area is 335 Å². The second-order valence-electron chi connectivity index (χ2n) is 14.7. The molecule has 58 heavy (non-hydrogen) atoms. The minimum Gasteiger partial charge on any atom is -0.247 e. The molecule has 0 saturated heterocycles. The van der Waals surface area contributed by atoms with Crippen molar-refractivity contribution in [2.75, 3.05) is 0 Å². The van der Waals surface area contributed by atoms with E-state index in [1.807, 2.05) is 6.07 Å². The highest BCUT2D eigenvalue weighted by atomic mass is 15.0. The maximum atomic E-state index is 5.44. The van der Waals surface area contributed by atoms with Gasteiger partial charge in [0.25, 0.3) is 0 Å². The van der Waals surface area contributed by atoms with Gasteiger partial charge in [0.1, 0.15) is 0 Å². The van der Waals surface area contributed by atoms with Gasteiger partial charge in [-0.2, -0.15) is 0 Å². The van der Waals surface area contributed by atoms with Crippen LogP contribution in [0.5, 0.6) is 0 Å². The lowest BCUT2D eigenvalue weighted by atomic mass is 9.90. The maximum Gasteiger partial charge on any atom is 0.164 e. The Morgan fingerprint density at radius 1 is 0.259 bits per heavy atom. The van der Waals surface area contributed by atoms with Crippen LogP contribution in [-0.4, -0.2) is 19.9 Å². The number of benzene rings is 9. The molecule has 0 fully saturated rings. The highest BCUT2D eigenvalue weighted by molar-refractivity contribution is 6.18. The summed E-state index contributed by atoms with van der Waals surface area (Å²) in [6.07, 6.45) is 0. The van der Waals surface area contributed by atoms with E-state index in [1.165, 1.54) is 16.2 Å². The van der Waals surface area contributed by atoms with Crippen molar-refractivity contribution in [3.63, 3.8) is 0 Å². The van der Waals surface area contributed by atoms with Gasteiger partial charge in [0, 0.05) is 33.2 Å². The Kier molecular flexibility index (Phi) is 8.11. The fraction of sp³-hybridized carbons (Fsp3) is 0. The van der Waals surface area contributed by atoms with Crippen molar-refractivity contribution in [2.24, 2.45) is 0 Å². The third-order valence-corrected chi connectivity index (χ3v) is 11.1. The third kappa shape index (κ3) is 6.05. The Morgan fingerprint density at radius 3 is 1.31 bits per heavy atom. The first kappa shape index (κ1) is 33.5. The molecular formula is C54H34N4. The molecule has 0 unspecified atom stereocenters.